The van der Waals surface area contributed by atoms with Crippen molar-refractivity contribution < 1.29 is 17.6 Å². The van der Waals surface area contributed by atoms with Gasteiger partial charge in [-0.1, -0.05) is 0 Å². The van der Waals surface area contributed by atoms with Gasteiger partial charge in [0.15, 0.2) is 23.3 Å². The molecule has 1 fully saturated rings. The minimum atomic E-state index is -1.45. The van der Waals surface area contributed by atoms with Gasteiger partial charge in [-0.2, -0.15) is 5.26 Å². The lowest BCUT2D eigenvalue weighted by Crippen LogP contribution is -2.45. The number of nitriles is 1. The second-order valence-electron chi connectivity index (χ2n) is 4.55. The molecule has 1 saturated heterocycles. The Morgan fingerprint density at radius 2 is 1.59 bits per heavy atom. The van der Waals surface area contributed by atoms with Gasteiger partial charge in [0, 0.05) is 37.8 Å². The maximum absolute atomic E-state index is 13.8. The van der Waals surface area contributed by atoms with Crippen LogP contribution in [0.5, 0.6) is 0 Å². The standard InChI is InChI=1S/C13H13F4N3.2ClH/c14-8-7-9(15)13(17)11(12(8)16)10(1-2-18)20-5-3-19-4-6-20;;/h7,10,19H,1,3-6H2;2*1H/t10-;;/m0../s1. The molecule has 9 heteroatoms. The number of nitrogens with one attached hydrogen (secondary N) is 1. The summed E-state index contributed by atoms with van der Waals surface area (Å²) in [5.41, 5.74) is -0.703. The van der Waals surface area contributed by atoms with E-state index < -0.39 is 34.9 Å². The lowest BCUT2D eigenvalue weighted by molar-refractivity contribution is 0.167. The minimum absolute atomic E-state index is 0. The highest BCUT2D eigenvalue weighted by atomic mass is 35.5. The van der Waals surface area contributed by atoms with Crippen LogP contribution in [0, 0.1) is 34.6 Å². The van der Waals surface area contributed by atoms with Gasteiger partial charge in [0.2, 0.25) is 0 Å². The minimum Gasteiger partial charge on any atom is -0.314 e. The van der Waals surface area contributed by atoms with Crippen molar-refractivity contribution in [1.82, 2.24) is 10.2 Å². The van der Waals surface area contributed by atoms with Gasteiger partial charge >= 0.3 is 0 Å². The highest BCUT2D eigenvalue weighted by Crippen LogP contribution is 2.31. The monoisotopic (exact) mass is 359 g/mol. The Morgan fingerprint density at radius 1 is 1.09 bits per heavy atom. The first-order valence-corrected chi connectivity index (χ1v) is 6.21. The van der Waals surface area contributed by atoms with Crippen LogP contribution in [0.4, 0.5) is 17.6 Å². The molecule has 0 aliphatic carbocycles. The summed E-state index contributed by atoms with van der Waals surface area (Å²) < 4.78 is 54.3. The van der Waals surface area contributed by atoms with Crippen LogP contribution in [-0.2, 0) is 0 Å². The second kappa shape index (κ2) is 9.16. The first kappa shape index (κ1) is 20.9. The summed E-state index contributed by atoms with van der Waals surface area (Å²) in [6, 6.07) is 0.999. The Hall–Kier alpha value is -1.07. The zero-order valence-electron chi connectivity index (χ0n) is 11.4. The van der Waals surface area contributed by atoms with E-state index >= 15 is 0 Å². The third kappa shape index (κ3) is 4.23. The number of nitrogens with zero attached hydrogens (tertiary/aromatic N) is 2. The lowest BCUT2D eigenvalue weighted by atomic mass is 10.00. The van der Waals surface area contributed by atoms with Crippen molar-refractivity contribution in [3.8, 4) is 6.07 Å². The maximum atomic E-state index is 13.8. The Balaban J connectivity index is 0.00000220. The first-order chi connectivity index (χ1) is 9.56. The van der Waals surface area contributed by atoms with Crippen LogP contribution in [0.2, 0.25) is 0 Å². The number of hydrogen-bond acceptors (Lipinski definition) is 3. The van der Waals surface area contributed by atoms with E-state index in [1.54, 1.807) is 4.90 Å². The summed E-state index contributed by atoms with van der Waals surface area (Å²) in [5, 5.41) is 11.9. The summed E-state index contributed by atoms with van der Waals surface area (Å²) in [4.78, 5) is 1.65. The fourth-order valence-corrected chi connectivity index (χ4v) is 2.38. The van der Waals surface area contributed by atoms with Crippen LogP contribution in [0.3, 0.4) is 0 Å². The fourth-order valence-electron chi connectivity index (χ4n) is 2.38. The molecule has 2 rings (SSSR count). The summed E-state index contributed by atoms with van der Waals surface area (Å²) in [6.07, 6.45) is -0.239. The van der Waals surface area contributed by atoms with E-state index in [4.69, 9.17) is 5.26 Å². The molecule has 0 aromatic heterocycles. The molecule has 1 N–H and O–H groups in total. The van der Waals surface area contributed by atoms with Crippen LogP contribution < -0.4 is 5.32 Å². The summed E-state index contributed by atoms with van der Waals surface area (Å²) >= 11 is 0. The van der Waals surface area contributed by atoms with Crippen molar-refractivity contribution in [1.29, 1.82) is 5.26 Å². The first-order valence-electron chi connectivity index (χ1n) is 6.21. The highest BCUT2D eigenvalue weighted by Gasteiger charge is 2.30. The Bertz CT molecular complexity index is 519. The summed E-state index contributed by atoms with van der Waals surface area (Å²) in [6.45, 7) is 2.07. The average molecular weight is 360 g/mol. The van der Waals surface area contributed by atoms with Crippen molar-refractivity contribution in [2.75, 3.05) is 26.2 Å². The van der Waals surface area contributed by atoms with Crippen LogP contribution in [-0.4, -0.2) is 31.1 Å². The molecule has 124 valence electrons. The largest absolute Gasteiger partial charge is 0.314 e. The third-order valence-corrected chi connectivity index (χ3v) is 3.36. The number of rotatable bonds is 3. The Morgan fingerprint density at radius 3 is 2.05 bits per heavy atom. The molecule has 0 radical (unpaired) electrons. The third-order valence-electron chi connectivity index (χ3n) is 3.36. The molecule has 1 aliphatic rings. The molecule has 0 spiro atoms. The van der Waals surface area contributed by atoms with Crippen molar-refractivity contribution >= 4 is 24.8 Å². The van der Waals surface area contributed by atoms with Gasteiger partial charge in [-0.15, -0.1) is 24.8 Å². The van der Waals surface area contributed by atoms with Gasteiger partial charge in [0.1, 0.15) is 0 Å². The number of hydrogen-bond donors (Lipinski definition) is 1. The van der Waals surface area contributed by atoms with E-state index in [0.717, 1.165) is 0 Å². The molecule has 1 aromatic carbocycles. The molecule has 0 unspecified atom stereocenters. The van der Waals surface area contributed by atoms with Gasteiger partial charge in [-0.05, 0) is 0 Å². The SMILES string of the molecule is Cl.Cl.N#CC[C@@H](c1c(F)c(F)cc(F)c1F)N1CCNCC1. The predicted octanol–water partition coefficient (Wildman–Crippen LogP) is 2.95. The molecular formula is C13H15Cl2F4N3. The van der Waals surface area contributed by atoms with Crippen molar-refractivity contribution in [3.63, 3.8) is 0 Å². The van der Waals surface area contributed by atoms with Crippen LogP contribution >= 0.6 is 24.8 Å². The van der Waals surface area contributed by atoms with Crippen molar-refractivity contribution in [2.45, 2.75) is 12.5 Å². The lowest BCUT2D eigenvalue weighted by Gasteiger charge is -2.34. The Labute approximate surface area is 138 Å². The van der Waals surface area contributed by atoms with Gasteiger partial charge < -0.3 is 5.32 Å². The quantitative estimate of drug-likeness (QED) is 0.666. The normalized spacial score (nSPS) is 16.1. The van der Waals surface area contributed by atoms with E-state index in [9.17, 15) is 17.6 Å². The summed E-state index contributed by atoms with van der Waals surface area (Å²) in [5.74, 6) is -5.75. The fraction of sp³-hybridized carbons (Fsp3) is 0.462. The molecule has 0 saturated carbocycles. The molecule has 1 aliphatic heterocycles. The zero-order chi connectivity index (χ0) is 14.7. The van der Waals surface area contributed by atoms with Crippen LogP contribution in [0.15, 0.2) is 6.07 Å². The van der Waals surface area contributed by atoms with Gasteiger partial charge in [-0.3, -0.25) is 4.90 Å². The average Bonchev–Trinajstić information content (AvgIpc) is 2.45. The smallest absolute Gasteiger partial charge is 0.166 e. The number of halogens is 6. The maximum Gasteiger partial charge on any atom is 0.166 e. The molecule has 1 heterocycles. The molecule has 1 atom stereocenters. The van der Waals surface area contributed by atoms with E-state index in [1.807, 2.05) is 6.07 Å². The molecule has 0 bridgehead atoms. The van der Waals surface area contributed by atoms with E-state index in [1.165, 1.54) is 0 Å². The molecule has 22 heavy (non-hydrogen) atoms. The zero-order valence-corrected chi connectivity index (χ0v) is 13.0. The van der Waals surface area contributed by atoms with E-state index in [2.05, 4.69) is 5.32 Å². The van der Waals surface area contributed by atoms with Gasteiger partial charge in [0.25, 0.3) is 0 Å². The number of piperazine rings is 1. The van der Waals surface area contributed by atoms with E-state index in [-0.39, 0.29) is 37.3 Å². The molecule has 1 aromatic rings. The molecular weight excluding hydrogens is 345 g/mol. The van der Waals surface area contributed by atoms with Crippen molar-refractivity contribution in [2.24, 2.45) is 0 Å². The van der Waals surface area contributed by atoms with E-state index in [0.29, 0.717) is 26.2 Å². The van der Waals surface area contributed by atoms with Crippen LogP contribution in [0.1, 0.15) is 18.0 Å². The molecule has 3 nitrogen and oxygen atoms in total. The predicted molar refractivity (Wildman–Crippen MR) is 78.2 cm³/mol. The highest BCUT2D eigenvalue weighted by molar-refractivity contribution is 5.85. The van der Waals surface area contributed by atoms with Crippen LogP contribution in [0.25, 0.3) is 0 Å². The van der Waals surface area contributed by atoms with Gasteiger partial charge in [0.05, 0.1) is 18.5 Å². The topological polar surface area (TPSA) is 39.1 Å². The van der Waals surface area contributed by atoms with Gasteiger partial charge in [-0.25, -0.2) is 17.6 Å². The number of benzene rings is 1. The molecule has 0 amide bonds. The summed E-state index contributed by atoms with van der Waals surface area (Å²) in [7, 11) is 0. The Kier molecular flexibility index (Phi) is 8.71. The van der Waals surface area contributed by atoms with Crippen molar-refractivity contribution in [3.05, 3.63) is 34.9 Å². The second-order valence-corrected chi connectivity index (χ2v) is 4.55.